The maximum absolute atomic E-state index is 13.3. The van der Waals surface area contributed by atoms with Crippen molar-refractivity contribution in [2.24, 2.45) is 5.92 Å². The van der Waals surface area contributed by atoms with Crippen LogP contribution in [0.2, 0.25) is 0 Å². The Hall–Kier alpha value is -1.22. The standard InChI is InChI=1S/C16H20FNO/c1-2-6-18-7-5-11-8-16(19)14-9-12(17)3-4-13(14)15(11)10-18/h3-4,9,11,15H,2,5-8,10H2,1H3/t11-,15-/m1/s1. The van der Waals surface area contributed by atoms with Crippen LogP contribution in [0.25, 0.3) is 0 Å². The molecule has 0 spiro atoms. The molecule has 0 unspecified atom stereocenters. The van der Waals surface area contributed by atoms with E-state index in [9.17, 15) is 9.18 Å². The molecule has 0 radical (unpaired) electrons. The number of nitrogens with zero attached hydrogens (tertiary/aromatic N) is 1. The summed E-state index contributed by atoms with van der Waals surface area (Å²) in [5.41, 5.74) is 1.70. The summed E-state index contributed by atoms with van der Waals surface area (Å²) in [7, 11) is 0. The van der Waals surface area contributed by atoms with Gasteiger partial charge in [-0.1, -0.05) is 13.0 Å². The minimum atomic E-state index is -0.299. The number of carbonyl (C=O) groups excluding carboxylic acids is 1. The van der Waals surface area contributed by atoms with Crippen LogP contribution in [0.15, 0.2) is 18.2 Å². The molecular formula is C16H20FNO. The molecule has 19 heavy (non-hydrogen) atoms. The fraction of sp³-hybridized carbons (Fsp3) is 0.562. The lowest BCUT2D eigenvalue weighted by Crippen LogP contribution is -2.42. The Balaban J connectivity index is 1.92. The van der Waals surface area contributed by atoms with Crippen LogP contribution in [0, 0.1) is 11.7 Å². The van der Waals surface area contributed by atoms with E-state index in [1.165, 1.54) is 12.1 Å². The van der Waals surface area contributed by atoms with Gasteiger partial charge in [0.1, 0.15) is 5.82 Å². The Bertz CT molecular complexity index is 500. The molecule has 0 amide bonds. The van der Waals surface area contributed by atoms with Gasteiger partial charge in [0, 0.05) is 24.4 Å². The van der Waals surface area contributed by atoms with E-state index in [1.807, 2.05) is 6.07 Å². The molecule has 2 nitrogen and oxygen atoms in total. The van der Waals surface area contributed by atoms with E-state index in [-0.39, 0.29) is 11.6 Å². The monoisotopic (exact) mass is 261 g/mol. The summed E-state index contributed by atoms with van der Waals surface area (Å²) in [6.45, 7) is 5.43. The Kier molecular flexibility index (Phi) is 3.40. The second-order valence-corrected chi connectivity index (χ2v) is 5.81. The molecule has 1 aromatic carbocycles. The normalized spacial score (nSPS) is 26.9. The van der Waals surface area contributed by atoms with Crippen molar-refractivity contribution in [3.63, 3.8) is 0 Å². The van der Waals surface area contributed by atoms with Crippen LogP contribution < -0.4 is 0 Å². The Morgan fingerprint density at radius 3 is 3.05 bits per heavy atom. The van der Waals surface area contributed by atoms with Crippen molar-refractivity contribution in [1.82, 2.24) is 4.90 Å². The first kappa shape index (κ1) is 12.8. The second-order valence-electron chi connectivity index (χ2n) is 5.81. The minimum absolute atomic E-state index is 0.125. The molecule has 102 valence electrons. The number of Topliss-reactive ketones (excluding diaryl/α,β-unsaturated/α-hetero) is 1. The smallest absolute Gasteiger partial charge is 0.163 e. The average molecular weight is 261 g/mol. The summed E-state index contributed by atoms with van der Waals surface area (Å²) in [5, 5.41) is 0. The van der Waals surface area contributed by atoms with Crippen LogP contribution in [0.3, 0.4) is 0 Å². The van der Waals surface area contributed by atoms with Gasteiger partial charge in [-0.2, -0.15) is 0 Å². The number of benzene rings is 1. The minimum Gasteiger partial charge on any atom is -0.303 e. The zero-order valence-corrected chi connectivity index (χ0v) is 11.4. The molecule has 3 heteroatoms. The van der Waals surface area contributed by atoms with Crippen LogP contribution in [0.1, 0.15) is 48.0 Å². The largest absolute Gasteiger partial charge is 0.303 e. The second kappa shape index (κ2) is 5.04. The molecule has 2 aliphatic rings. The van der Waals surface area contributed by atoms with Gasteiger partial charge in [0.05, 0.1) is 0 Å². The zero-order chi connectivity index (χ0) is 13.4. The van der Waals surface area contributed by atoms with Gasteiger partial charge in [0.2, 0.25) is 0 Å². The number of hydrogen-bond acceptors (Lipinski definition) is 2. The van der Waals surface area contributed by atoms with Crippen LogP contribution in [-0.2, 0) is 0 Å². The Morgan fingerprint density at radius 2 is 2.26 bits per heavy atom. The van der Waals surface area contributed by atoms with Gasteiger partial charge in [-0.3, -0.25) is 4.79 Å². The predicted molar refractivity (Wildman–Crippen MR) is 72.9 cm³/mol. The number of rotatable bonds is 2. The molecule has 1 heterocycles. The van der Waals surface area contributed by atoms with Crippen LogP contribution in [0.5, 0.6) is 0 Å². The number of halogens is 1. The van der Waals surface area contributed by atoms with Gasteiger partial charge >= 0.3 is 0 Å². The first-order valence-electron chi connectivity index (χ1n) is 7.24. The highest BCUT2D eigenvalue weighted by Gasteiger charge is 2.37. The van der Waals surface area contributed by atoms with Gasteiger partial charge in [-0.05, 0) is 49.5 Å². The summed E-state index contributed by atoms with van der Waals surface area (Å²) in [6.07, 6.45) is 2.85. The van der Waals surface area contributed by atoms with E-state index in [4.69, 9.17) is 0 Å². The van der Waals surface area contributed by atoms with Gasteiger partial charge < -0.3 is 4.90 Å². The highest BCUT2D eigenvalue weighted by Crippen LogP contribution is 2.41. The lowest BCUT2D eigenvalue weighted by molar-refractivity contribution is 0.0867. The first-order chi connectivity index (χ1) is 9.19. The van der Waals surface area contributed by atoms with Gasteiger partial charge in [0.25, 0.3) is 0 Å². The van der Waals surface area contributed by atoms with Crippen LogP contribution >= 0.6 is 0 Å². The van der Waals surface area contributed by atoms with Crippen molar-refractivity contribution in [3.05, 3.63) is 35.1 Å². The molecule has 1 aliphatic carbocycles. The highest BCUT2D eigenvalue weighted by atomic mass is 19.1. The van der Waals surface area contributed by atoms with E-state index < -0.39 is 0 Å². The zero-order valence-electron chi connectivity index (χ0n) is 11.4. The van der Waals surface area contributed by atoms with E-state index in [2.05, 4.69) is 11.8 Å². The molecular weight excluding hydrogens is 241 g/mol. The van der Waals surface area contributed by atoms with Crippen molar-refractivity contribution in [3.8, 4) is 0 Å². The van der Waals surface area contributed by atoms with E-state index in [1.54, 1.807) is 0 Å². The summed E-state index contributed by atoms with van der Waals surface area (Å²) in [5.74, 6) is 0.693. The molecule has 1 aliphatic heterocycles. The number of carbonyl (C=O) groups is 1. The lowest BCUT2D eigenvalue weighted by atomic mass is 9.71. The fourth-order valence-electron chi connectivity index (χ4n) is 3.63. The van der Waals surface area contributed by atoms with E-state index in [0.717, 1.165) is 38.0 Å². The van der Waals surface area contributed by atoms with Gasteiger partial charge in [0.15, 0.2) is 5.78 Å². The molecule has 0 N–H and O–H groups in total. The summed E-state index contributed by atoms with van der Waals surface area (Å²) >= 11 is 0. The third kappa shape index (κ3) is 2.32. The van der Waals surface area contributed by atoms with Gasteiger partial charge in [-0.15, -0.1) is 0 Å². The SMILES string of the molecule is CCCN1CC[C@@H]2CC(=O)c3cc(F)ccc3[C@@H]2C1. The average Bonchev–Trinajstić information content (AvgIpc) is 2.40. The highest BCUT2D eigenvalue weighted by molar-refractivity contribution is 5.99. The summed E-state index contributed by atoms with van der Waals surface area (Å²) in [6, 6.07) is 4.74. The first-order valence-corrected chi connectivity index (χ1v) is 7.24. The van der Waals surface area contributed by atoms with E-state index >= 15 is 0 Å². The van der Waals surface area contributed by atoms with Gasteiger partial charge in [-0.25, -0.2) is 4.39 Å². The molecule has 3 rings (SSSR count). The number of ketones is 1. The van der Waals surface area contributed by atoms with Crippen molar-refractivity contribution in [2.75, 3.05) is 19.6 Å². The Morgan fingerprint density at radius 1 is 1.42 bits per heavy atom. The molecule has 1 saturated heterocycles. The van der Waals surface area contributed by atoms with Crippen LogP contribution in [-0.4, -0.2) is 30.3 Å². The third-order valence-corrected chi connectivity index (χ3v) is 4.54. The third-order valence-electron chi connectivity index (χ3n) is 4.54. The summed E-state index contributed by atoms with van der Waals surface area (Å²) < 4.78 is 13.3. The van der Waals surface area contributed by atoms with Crippen LogP contribution in [0.4, 0.5) is 4.39 Å². The van der Waals surface area contributed by atoms with Crippen molar-refractivity contribution in [2.45, 2.75) is 32.1 Å². The quantitative estimate of drug-likeness (QED) is 0.814. The van der Waals surface area contributed by atoms with Crippen molar-refractivity contribution >= 4 is 5.78 Å². The van der Waals surface area contributed by atoms with Crippen molar-refractivity contribution < 1.29 is 9.18 Å². The molecule has 1 fully saturated rings. The number of piperidine rings is 1. The molecule has 0 saturated carbocycles. The molecule has 2 atom stereocenters. The number of fused-ring (bicyclic) bond motifs is 3. The fourth-order valence-corrected chi connectivity index (χ4v) is 3.63. The number of hydrogen-bond donors (Lipinski definition) is 0. The summed E-state index contributed by atoms with van der Waals surface area (Å²) in [4.78, 5) is 14.6. The topological polar surface area (TPSA) is 20.3 Å². The maximum atomic E-state index is 13.3. The molecule has 0 bridgehead atoms. The molecule has 0 aromatic heterocycles. The lowest BCUT2D eigenvalue weighted by Gasteiger charge is -2.41. The van der Waals surface area contributed by atoms with Crippen molar-refractivity contribution in [1.29, 1.82) is 0 Å². The van der Waals surface area contributed by atoms with E-state index in [0.29, 0.717) is 23.8 Å². The molecule has 1 aromatic rings. The maximum Gasteiger partial charge on any atom is 0.163 e. The Labute approximate surface area is 113 Å². The number of likely N-dealkylation sites (tertiary alicyclic amines) is 1. The predicted octanol–water partition coefficient (Wildman–Crippen LogP) is 3.23.